The summed E-state index contributed by atoms with van der Waals surface area (Å²) in [5, 5.41) is 29.5. The van der Waals surface area contributed by atoms with Crippen LogP contribution >= 0.6 is 0 Å². The summed E-state index contributed by atoms with van der Waals surface area (Å²) in [6.07, 6.45) is 6.42. The molecular formula is C16H26O3. The summed E-state index contributed by atoms with van der Waals surface area (Å²) in [5.74, 6) is 0.436. The lowest BCUT2D eigenvalue weighted by Gasteiger charge is -2.18. The molecule has 0 heterocycles. The SMILES string of the molecule is CCCCCC(CC)Cc1c(O)cc(O)c(C)c1O. The average Bonchev–Trinajstić information content (AvgIpc) is 2.39. The maximum Gasteiger partial charge on any atom is 0.129 e. The zero-order valence-electron chi connectivity index (χ0n) is 12.2. The first-order valence-electron chi connectivity index (χ1n) is 7.24. The van der Waals surface area contributed by atoms with E-state index < -0.39 is 0 Å². The Hall–Kier alpha value is -1.38. The number of benzene rings is 1. The minimum Gasteiger partial charge on any atom is -0.507 e. The Morgan fingerprint density at radius 2 is 1.74 bits per heavy atom. The van der Waals surface area contributed by atoms with Gasteiger partial charge in [-0.25, -0.2) is 0 Å². The highest BCUT2D eigenvalue weighted by Gasteiger charge is 2.17. The lowest BCUT2D eigenvalue weighted by molar-refractivity contribution is 0.390. The van der Waals surface area contributed by atoms with Crippen molar-refractivity contribution in [1.29, 1.82) is 0 Å². The summed E-state index contributed by atoms with van der Waals surface area (Å²) in [5.41, 5.74) is 1.01. The quantitative estimate of drug-likeness (QED) is 0.646. The molecule has 1 atom stereocenters. The van der Waals surface area contributed by atoms with E-state index >= 15 is 0 Å². The second-order valence-electron chi connectivity index (χ2n) is 5.34. The summed E-state index contributed by atoms with van der Waals surface area (Å²) in [7, 11) is 0. The summed E-state index contributed by atoms with van der Waals surface area (Å²) >= 11 is 0. The highest BCUT2D eigenvalue weighted by Crippen LogP contribution is 2.38. The molecule has 0 aromatic heterocycles. The first-order chi connectivity index (χ1) is 9.01. The van der Waals surface area contributed by atoms with Gasteiger partial charge in [-0.3, -0.25) is 0 Å². The molecule has 3 N–H and O–H groups in total. The number of unbranched alkanes of at least 4 members (excludes halogenated alkanes) is 2. The molecule has 19 heavy (non-hydrogen) atoms. The number of hydrogen-bond acceptors (Lipinski definition) is 3. The topological polar surface area (TPSA) is 60.7 Å². The maximum atomic E-state index is 10.1. The van der Waals surface area contributed by atoms with Gasteiger partial charge in [-0.1, -0.05) is 46.0 Å². The Morgan fingerprint density at radius 1 is 1.05 bits per heavy atom. The third-order valence-corrected chi connectivity index (χ3v) is 3.89. The van der Waals surface area contributed by atoms with E-state index in [4.69, 9.17) is 0 Å². The lowest BCUT2D eigenvalue weighted by Crippen LogP contribution is -2.04. The van der Waals surface area contributed by atoms with Crippen molar-refractivity contribution in [1.82, 2.24) is 0 Å². The van der Waals surface area contributed by atoms with Gasteiger partial charge >= 0.3 is 0 Å². The summed E-state index contributed by atoms with van der Waals surface area (Å²) in [4.78, 5) is 0. The zero-order chi connectivity index (χ0) is 14.4. The smallest absolute Gasteiger partial charge is 0.129 e. The second-order valence-corrected chi connectivity index (χ2v) is 5.34. The molecule has 0 aliphatic rings. The van der Waals surface area contributed by atoms with Gasteiger partial charge in [0, 0.05) is 17.2 Å². The van der Waals surface area contributed by atoms with Crippen molar-refractivity contribution in [2.24, 2.45) is 5.92 Å². The molecule has 0 aliphatic carbocycles. The molecule has 0 fully saturated rings. The number of phenols is 3. The normalized spacial score (nSPS) is 12.6. The van der Waals surface area contributed by atoms with Crippen LogP contribution in [0.15, 0.2) is 6.07 Å². The van der Waals surface area contributed by atoms with Gasteiger partial charge in [0.05, 0.1) is 0 Å². The van der Waals surface area contributed by atoms with Crippen molar-refractivity contribution in [3.05, 3.63) is 17.2 Å². The largest absolute Gasteiger partial charge is 0.507 e. The molecule has 1 rings (SSSR count). The van der Waals surface area contributed by atoms with Crippen LogP contribution in [0.1, 0.15) is 57.1 Å². The fourth-order valence-corrected chi connectivity index (χ4v) is 2.42. The van der Waals surface area contributed by atoms with Crippen molar-refractivity contribution in [2.75, 3.05) is 0 Å². The van der Waals surface area contributed by atoms with Crippen LogP contribution in [0, 0.1) is 12.8 Å². The standard InChI is InChI=1S/C16H26O3/c1-4-6-7-8-12(5-2)9-13-15(18)10-14(17)11(3)16(13)19/h10,12,17-19H,4-9H2,1-3H3. The highest BCUT2D eigenvalue weighted by atomic mass is 16.3. The molecular weight excluding hydrogens is 240 g/mol. The summed E-state index contributed by atoms with van der Waals surface area (Å²) in [6, 6.07) is 1.32. The van der Waals surface area contributed by atoms with E-state index in [1.54, 1.807) is 6.92 Å². The molecule has 0 amide bonds. The Kier molecular flexibility index (Phi) is 6.00. The van der Waals surface area contributed by atoms with E-state index in [9.17, 15) is 15.3 Å². The van der Waals surface area contributed by atoms with E-state index in [1.165, 1.54) is 25.3 Å². The molecule has 3 nitrogen and oxygen atoms in total. The third kappa shape index (κ3) is 4.05. The number of phenolic OH excluding ortho intramolecular Hbond substituents is 3. The molecule has 108 valence electrons. The molecule has 0 saturated carbocycles. The van der Waals surface area contributed by atoms with Gasteiger partial charge in [-0.05, 0) is 19.3 Å². The van der Waals surface area contributed by atoms with Gasteiger partial charge in [0.15, 0.2) is 0 Å². The fraction of sp³-hybridized carbons (Fsp3) is 0.625. The zero-order valence-corrected chi connectivity index (χ0v) is 12.2. The van der Waals surface area contributed by atoms with Crippen LogP contribution in [0.3, 0.4) is 0 Å². The average molecular weight is 266 g/mol. The maximum absolute atomic E-state index is 10.1. The van der Waals surface area contributed by atoms with E-state index in [-0.39, 0.29) is 17.2 Å². The molecule has 0 spiro atoms. The first-order valence-corrected chi connectivity index (χ1v) is 7.24. The molecule has 0 aliphatic heterocycles. The molecule has 0 saturated heterocycles. The molecule has 1 aromatic carbocycles. The predicted octanol–water partition coefficient (Wildman–Crippen LogP) is 4.26. The van der Waals surface area contributed by atoms with Crippen LogP contribution in [-0.2, 0) is 6.42 Å². The van der Waals surface area contributed by atoms with Crippen LogP contribution in [0.4, 0.5) is 0 Å². The Bertz CT molecular complexity index is 413. The van der Waals surface area contributed by atoms with Gasteiger partial charge in [-0.15, -0.1) is 0 Å². The van der Waals surface area contributed by atoms with Crippen LogP contribution < -0.4 is 0 Å². The van der Waals surface area contributed by atoms with Gasteiger partial charge in [0.25, 0.3) is 0 Å². The Morgan fingerprint density at radius 3 is 2.32 bits per heavy atom. The number of aromatic hydroxyl groups is 3. The van der Waals surface area contributed by atoms with Crippen molar-refractivity contribution in [2.45, 2.75) is 59.3 Å². The minimum atomic E-state index is -0.0576. The van der Waals surface area contributed by atoms with Gasteiger partial charge in [-0.2, -0.15) is 0 Å². The summed E-state index contributed by atoms with van der Waals surface area (Å²) < 4.78 is 0. The van der Waals surface area contributed by atoms with Crippen molar-refractivity contribution < 1.29 is 15.3 Å². The third-order valence-electron chi connectivity index (χ3n) is 3.89. The second kappa shape index (κ2) is 7.27. The molecule has 0 bridgehead atoms. The van der Waals surface area contributed by atoms with Gasteiger partial charge in [0.2, 0.25) is 0 Å². The fourth-order valence-electron chi connectivity index (χ4n) is 2.42. The Labute approximate surface area is 115 Å². The molecule has 0 radical (unpaired) electrons. The van der Waals surface area contributed by atoms with Crippen LogP contribution in [0.2, 0.25) is 0 Å². The summed E-state index contributed by atoms with van der Waals surface area (Å²) in [6.45, 7) is 5.98. The van der Waals surface area contributed by atoms with Crippen molar-refractivity contribution in [3.8, 4) is 17.2 Å². The highest BCUT2D eigenvalue weighted by molar-refractivity contribution is 5.54. The predicted molar refractivity (Wildman–Crippen MR) is 77.8 cm³/mol. The molecule has 1 unspecified atom stereocenters. The van der Waals surface area contributed by atoms with E-state index in [0.29, 0.717) is 23.5 Å². The first kappa shape index (κ1) is 15.7. The van der Waals surface area contributed by atoms with Crippen LogP contribution in [0.25, 0.3) is 0 Å². The van der Waals surface area contributed by atoms with E-state index in [2.05, 4.69) is 13.8 Å². The monoisotopic (exact) mass is 266 g/mol. The van der Waals surface area contributed by atoms with Crippen LogP contribution in [0.5, 0.6) is 17.2 Å². The van der Waals surface area contributed by atoms with Crippen molar-refractivity contribution >= 4 is 0 Å². The van der Waals surface area contributed by atoms with E-state index in [1.807, 2.05) is 0 Å². The minimum absolute atomic E-state index is 0.00505. The van der Waals surface area contributed by atoms with Gasteiger partial charge < -0.3 is 15.3 Å². The van der Waals surface area contributed by atoms with E-state index in [0.717, 1.165) is 12.8 Å². The molecule has 3 heteroatoms. The number of rotatable bonds is 7. The lowest BCUT2D eigenvalue weighted by atomic mass is 9.90. The van der Waals surface area contributed by atoms with Crippen LogP contribution in [-0.4, -0.2) is 15.3 Å². The molecule has 1 aromatic rings. The van der Waals surface area contributed by atoms with Crippen molar-refractivity contribution in [3.63, 3.8) is 0 Å². The number of hydrogen-bond donors (Lipinski definition) is 3. The Balaban J connectivity index is 2.82. The van der Waals surface area contributed by atoms with Gasteiger partial charge in [0.1, 0.15) is 17.2 Å².